The summed E-state index contributed by atoms with van der Waals surface area (Å²) >= 11 is 7.75. The van der Waals surface area contributed by atoms with Crippen LogP contribution in [0.3, 0.4) is 0 Å². The number of aryl methyl sites for hydroxylation is 1. The molecule has 2 aromatic heterocycles. The van der Waals surface area contributed by atoms with Crippen molar-refractivity contribution in [1.29, 1.82) is 0 Å². The van der Waals surface area contributed by atoms with Crippen molar-refractivity contribution in [2.45, 2.75) is 64.7 Å². The average molecular weight is 534 g/mol. The predicted octanol–water partition coefficient (Wildman–Crippen LogP) is 7.12. The highest BCUT2D eigenvalue weighted by Crippen LogP contribution is 2.51. The number of thiophene rings is 1. The van der Waals surface area contributed by atoms with Crippen LogP contribution in [0.2, 0.25) is 4.34 Å². The van der Waals surface area contributed by atoms with Crippen molar-refractivity contribution in [3.63, 3.8) is 0 Å². The smallest absolute Gasteiger partial charge is 0.272 e. The van der Waals surface area contributed by atoms with Gasteiger partial charge in [0.05, 0.1) is 15.1 Å². The number of fused-ring (bicyclic) bond motifs is 1. The molecule has 0 radical (unpaired) electrons. The molecule has 184 valence electrons. The highest BCUT2D eigenvalue weighted by atomic mass is 35.5. The summed E-state index contributed by atoms with van der Waals surface area (Å²) in [6.07, 6.45) is -3.55. The van der Waals surface area contributed by atoms with Crippen LogP contribution in [0.15, 0.2) is 24.4 Å². The molecule has 0 amide bonds. The fraction of sp³-hybridized carbons (Fsp3) is 0.435. The molecule has 3 heterocycles. The third kappa shape index (κ3) is 4.23. The van der Waals surface area contributed by atoms with Crippen LogP contribution in [0.4, 0.5) is 17.6 Å². The van der Waals surface area contributed by atoms with Gasteiger partial charge in [-0.15, -0.1) is 11.3 Å². The minimum Gasteiger partial charge on any atom is -0.272 e. The van der Waals surface area contributed by atoms with Gasteiger partial charge in [-0.05, 0) is 57.4 Å². The summed E-state index contributed by atoms with van der Waals surface area (Å²) in [5.41, 5.74) is 0.158. The fourth-order valence-electron chi connectivity index (χ4n) is 4.25. The van der Waals surface area contributed by atoms with E-state index in [0.717, 1.165) is 26.8 Å². The first-order valence-electron chi connectivity index (χ1n) is 10.6. The van der Waals surface area contributed by atoms with Gasteiger partial charge in [-0.25, -0.2) is 12.9 Å². The zero-order chi connectivity index (χ0) is 25.2. The number of hydrogen-bond donors (Lipinski definition) is 0. The number of aromatic nitrogens is 2. The first kappa shape index (κ1) is 25.3. The molecule has 0 unspecified atom stereocenters. The van der Waals surface area contributed by atoms with E-state index in [1.807, 2.05) is 27.7 Å². The Morgan fingerprint density at radius 1 is 1.26 bits per heavy atom. The average Bonchev–Trinajstić information content (AvgIpc) is 3.39. The van der Waals surface area contributed by atoms with Gasteiger partial charge >= 0.3 is 6.18 Å². The standard InChI is InChI=1S/C23H24ClF4N3OS2/c1-6-30-10-14(20(29-30)23(26,27)28)18-13(8-7-9-15(18)25)19-17-12(2)21(24)33-16(17)11-31(19)34(32)22(3,4)5/h7-10,19H,6,11H2,1-5H3/t19-,34+/m0/s1. The molecule has 1 aliphatic rings. The number of halogens is 5. The molecule has 4 nitrogen and oxygen atoms in total. The molecule has 4 rings (SSSR count). The number of benzene rings is 1. The quantitative estimate of drug-likeness (QED) is 0.335. The Bertz CT molecular complexity index is 1280. The van der Waals surface area contributed by atoms with Gasteiger partial charge in [0, 0.05) is 35.3 Å². The van der Waals surface area contributed by atoms with Gasteiger partial charge in [-0.2, -0.15) is 18.3 Å². The van der Waals surface area contributed by atoms with Crippen LogP contribution in [-0.2, 0) is 30.3 Å². The first-order valence-corrected chi connectivity index (χ1v) is 13.0. The Hall–Kier alpha value is -1.75. The van der Waals surface area contributed by atoms with Crippen molar-refractivity contribution in [3.05, 3.63) is 61.8 Å². The molecule has 2 atom stereocenters. The summed E-state index contributed by atoms with van der Waals surface area (Å²) in [7, 11) is -1.52. The van der Waals surface area contributed by atoms with Crippen LogP contribution in [0.1, 0.15) is 61.0 Å². The monoisotopic (exact) mass is 533 g/mol. The summed E-state index contributed by atoms with van der Waals surface area (Å²) in [6, 6.07) is 3.47. The van der Waals surface area contributed by atoms with Crippen LogP contribution in [0.25, 0.3) is 11.1 Å². The lowest BCUT2D eigenvalue weighted by molar-refractivity contribution is -0.141. The molecule has 3 aromatic rings. The summed E-state index contributed by atoms with van der Waals surface area (Å²) in [6.45, 7) is 9.46. The highest BCUT2D eigenvalue weighted by molar-refractivity contribution is 7.84. The summed E-state index contributed by atoms with van der Waals surface area (Å²) in [4.78, 5) is 0.876. The molecule has 1 aromatic carbocycles. The second kappa shape index (κ2) is 8.72. The van der Waals surface area contributed by atoms with E-state index in [2.05, 4.69) is 5.10 Å². The molecular formula is C23H24ClF4N3OS2. The topological polar surface area (TPSA) is 38.1 Å². The molecule has 11 heteroatoms. The number of alkyl halides is 3. The van der Waals surface area contributed by atoms with E-state index in [9.17, 15) is 17.4 Å². The van der Waals surface area contributed by atoms with Gasteiger partial charge in [-0.3, -0.25) is 4.68 Å². The maximum Gasteiger partial charge on any atom is 0.435 e. The van der Waals surface area contributed by atoms with Crippen LogP contribution < -0.4 is 0 Å². The van der Waals surface area contributed by atoms with Crippen molar-refractivity contribution < 1.29 is 21.8 Å². The molecule has 0 spiro atoms. The number of hydrogen-bond acceptors (Lipinski definition) is 3. The normalized spacial score (nSPS) is 17.9. The summed E-state index contributed by atoms with van der Waals surface area (Å²) in [5, 5.41) is 3.68. The molecule has 1 aliphatic heterocycles. The van der Waals surface area contributed by atoms with Gasteiger partial charge in [-0.1, -0.05) is 23.7 Å². The maximum atomic E-state index is 15.4. The molecule has 0 bridgehead atoms. The molecule has 0 fully saturated rings. The fourth-order valence-corrected chi connectivity index (χ4v) is 7.13. The largest absolute Gasteiger partial charge is 0.435 e. The van der Waals surface area contributed by atoms with Crippen molar-refractivity contribution >= 4 is 33.9 Å². The van der Waals surface area contributed by atoms with E-state index >= 15 is 4.39 Å². The van der Waals surface area contributed by atoms with E-state index in [0.29, 0.717) is 16.4 Å². The van der Waals surface area contributed by atoms with Crippen molar-refractivity contribution in [1.82, 2.24) is 14.1 Å². The second-order valence-corrected chi connectivity index (χ2v) is 13.0. The van der Waals surface area contributed by atoms with Crippen LogP contribution >= 0.6 is 22.9 Å². The molecule has 34 heavy (non-hydrogen) atoms. The van der Waals surface area contributed by atoms with Crippen molar-refractivity contribution in [2.75, 3.05) is 0 Å². The minimum absolute atomic E-state index is 0.190. The summed E-state index contributed by atoms with van der Waals surface area (Å²) < 4.78 is 73.5. The predicted molar refractivity (Wildman–Crippen MR) is 128 cm³/mol. The van der Waals surface area contributed by atoms with Crippen molar-refractivity contribution in [3.8, 4) is 11.1 Å². The van der Waals surface area contributed by atoms with Gasteiger partial charge in [0.15, 0.2) is 5.69 Å². The van der Waals surface area contributed by atoms with E-state index in [4.69, 9.17) is 11.6 Å². The van der Waals surface area contributed by atoms with Crippen LogP contribution in [-0.4, -0.2) is 23.0 Å². The zero-order valence-corrected chi connectivity index (χ0v) is 21.6. The molecule has 0 aliphatic carbocycles. The lowest BCUT2D eigenvalue weighted by atomic mass is 9.91. The summed E-state index contributed by atoms with van der Waals surface area (Å²) in [5.74, 6) is -0.799. The third-order valence-corrected chi connectivity index (χ3v) is 9.18. The third-order valence-electron chi connectivity index (χ3n) is 5.77. The van der Waals surface area contributed by atoms with Gasteiger partial charge in [0.25, 0.3) is 0 Å². The van der Waals surface area contributed by atoms with Gasteiger partial charge in [0.2, 0.25) is 0 Å². The second-order valence-electron chi connectivity index (χ2n) is 9.13. The Kier molecular flexibility index (Phi) is 6.50. The van der Waals surface area contributed by atoms with E-state index in [1.165, 1.54) is 23.6 Å². The lowest BCUT2D eigenvalue weighted by Gasteiger charge is -2.32. The van der Waals surface area contributed by atoms with Crippen LogP contribution in [0, 0.1) is 12.7 Å². The SMILES string of the molecule is CCn1cc(-c2c(F)cccc2[C@H]2c3c(sc(Cl)c3C)CN2[S@](=O)C(C)(C)C)c(C(F)(F)F)n1. The van der Waals surface area contributed by atoms with E-state index in [1.54, 1.807) is 17.3 Å². The van der Waals surface area contributed by atoms with Crippen molar-refractivity contribution in [2.24, 2.45) is 0 Å². The maximum absolute atomic E-state index is 15.4. The van der Waals surface area contributed by atoms with E-state index < -0.39 is 39.5 Å². The Balaban J connectivity index is 2.01. The Morgan fingerprint density at radius 3 is 2.53 bits per heavy atom. The molecule has 0 saturated carbocycles. The molecule has 0 saturated heterocycles. The zero-order valence-electron chi connectivity index (χ0n) is 19.3. The number of rotatable bonds is 4. The molecular weight excluding hydrogens is 510 g/mol. The van der Waals surface area contributed by atoms with Gasteiger partial charge in [0.1, 0.15) is 16.8 Å². The lowest BCUT2D eigenvalue weighted by Crippen LogP contribution is -2.37. The first-order chi connectivity index (χ1) is 15.8. The van der Waals surface area contributed by atoms with E-state index in [-0.39, 0.29) is 17.7 Å². The minimum atomic E-state index is -4.77. The highest BCUT2D eigenvalue weighted by Gasteiger charge is 2.44. The van der Waals surface area contributed by atoms with Gasteiger partial charge < -0.3 is 0 Å². The number of nitrogens with zero attached hydrogens (tertiary/aromatic N) is 3. The van der Waals surface area contributed by atoms with Crippen LogP contribution in [0.5, 0.6) is 0 Å². The molecule has 0 N–H and O–H groups in total. The Labute approximate surface area is 207 Å². The Morgan fingerprint density at radius 2 is 1.94 bits per heavy atom.